The van der Waals surface area contributed by atoms with Crippen LogP contribution in [-0.2, 0) is 25.5 Å². The van der Waals surface area contributed by atoms with Gasteiger partial charge in [-0.3, -0.25) is 15.0 Å². The Morgan fingerprint density at radius 2 is 1.78 bits per heavy atom. The molecule has 0 spiro atoms. The summed E-state index contributed by atoms with van der Waals surface area (Å²) in [6.07, 6.45) is 0.282. The average Bonchev–Trinajstić information content (AvgIpc) is 3.39. The molecule has 3 aromatic carbocycles. The van der Waals surface area contributed by atoms with Crippen LogP contribution in [0.5, 0.6) is 5.75 Å². The van der Waals surface area contributed by atoms with E-state index < -0.39 is 29.1 Å². The highest BCUT2D eigenvalue weighted by atomic mass is 79.9. The maximum Gasteiger partial charge on any atom is 0.306 e. The minimum Gasteiger partial charge on any atom is -0.494 e. The minimum atomic E-state index is -1.51. The highest BCUT2D eigenvalue weighted by molar-refractivity contribution is 9.10. The van der Waals surface area contributed by atoms with Gasteiger partial charge in [0.05, 0.1) is 6.61 Å². The van der Waals surface area contributed by atoms with Crippen molar-refractivity contribution in [1.82, 2.24) is 10.9 Å². The summed E-state index contributed by atoms with van der Waals surface area (Å²) in [4.78, 5) is 32.1. The van der Waals surface area contributed by atoms with E-state index in [2.05, 4.69) is 26.8 Å². The van der Waals surface area contributed by atoms with Crippen molar-refractivity contribution in [2.45, 2.75) is 63.7 Å². The smallest absolute Gasteiger partial charge is 0.306 e. The molecule has 2 atom stereocenters. The van der Waals surface area contributed by atoms with Crippen LogP contribution in [0.1, 0.15) is 62.8 Å². The topological polar surface area (TPSA) is 118 Å². The fourth-order valence-electron chi connectivity index (χ4n) is 4.83. The summed E-state index contributed by atoms with van der Waals surface area (Å²) >= 11 is 9.63. The molecule has 0 bridgehead atoms. The Morgan fingerprint density at radius 1 is 1.07 bits per heavy atom. The lowest BCUT2D eigenvalue weighted by Gasteiger charge is -2.31. The number of hydrazine groups is 1. The molecular weight excluding hydrogens is 662 g/mol. The fraction of sp³-hybridized carbons (Fsp3) is 0.382. The molecule has 45 heavy (non-hydrogen) atoms. The third kappa shape index (κ3) is 9.53. The SMILES string of the molecule is CC(C)(C)OC(=O)CC[C@]1(C(=O)NNCCc2ccc(Cl)cc2)N=C(c2ccc(OCCCO)cc2)O[C@H]1c1ccccc1Br. The summed E-state index contributed by atoms with van der Waals surface area (Å²) in [6, 6.07) is 22.2. The second-order valence-corrected chi connectivity index (χ2v) is 12.9. The molecule has 11 heteroatoms. The number of carbonyl (C=O) groups is 2. The number of esters is 1. The van der Waals surface area contributed by atoms with Crippen molar-refractivity contribution >= 4 is 45.3 Å². The molecule has 3 N–H and O–H groups in total. The monoisotopic (exact) mass is 699 g/mol. The second-order valence-electron chi connectivity index (χ2n) is 11.7. The quantitative estimate of drug-likeness (QED) is 0.106. The van der Waals surface area contributed by atoms with E-state index in [1.54, 1.807) is 45.0 Å². The molecule has 1 aliphatic rings. The number of aliphatic imine (C=N–C) groups is 1. The van der Waals surface area contributed by atoms with Gasteiger partial charge in [-0.2, -0.15) is 0 Å². The molecule has 0 aromatic heterocycles. The fourth-order valence-corrected chi connectivity index (χ4v) is 5.45. The first-order valence-corrected chi connectivity index (χ1v) is 16.0. The zero-order valence-corrected chi connectivity index (χ0v) is 28.0. The Labute approximate surface area is 277 Å². The van der Waals surface area contributed by atoms with E-state index in [0.29, 0.717) is 47.9 Å². The van der Waals surface area contributed by atoms with Crippen LogP contribution in [0.25, 0.3) is 0 Å². The molecule has 240 valence electrons. The maximum atomic E-state index is 14.2. The van der Waals surface area contributed by atoms with Crippen LogP contribution in [0.4, 0.5) is 0 Å². The third-order valence-corrected chi connectivity index (χ3v) is 7.98. The molecule has 0 saturated carbocycles. The van der Waals surface area contributed by atoms with Gasteiger partial charge in [0.25, 0.3) is 5.91 Å². The number of ether oxygens (including phenoxy) is 3. The van der Waals surface area contributed by atoms with Crippen LogP contribution < -0.4 is 15.6 Å². The summed E-state index contributed by atoms with van der Waals surface area (Å²) in [5.41, 5.74) is 6.08. The molecule has 1 amide bonds. The average molecular weight is 701 g/mol. The van der Waals surface area contributed by atoms with Gasteiger partial charge in [0.2, 0.25) is 5.90 Å². The van der Waals surface area contributed by atoms with E-state index in [4.69, 9.17) is 35.9 Å². The lowest BCUT2D eigenvalue weighted by molar-refractivity contribution is -0.155. The van der Waals surface area contributed by atoms with Gasteiger partial charge in [0, 0.05) is 46.6 Å². The Morgan fingerprint density at radius 3 is 2.44 bits per heavy atom. The van der Waals surface area contributed by atoms with Gasteiger partial charge >= 0.3 is 5.97 Å². The van der Waals surface area contributed by atoms with Crippen molar-refractivity contribution in [3.8, 4) is 5.75 Å². The molecule has 0 aliphatic carbocycles. The standard InChI is InChI=1S/C34H39BrClN3O6/c1-33(2,3)45-29(41)17-19-34(32(42)39-37-20-18-23-9-13-25(36)14-10-23)30(27-7-4-5-8-28(27)35)44-31(38-34)24-11-15-26(16-12-24)43-22-6-21-40/h4-5,7-16,30,37,40H,6,17-22H2,1-3H3,(H,39,42)/t30-,34-/m0/s1. The largest absolute Gasteiger partial charge is 0.494 e. The maximum absolute atomic E-state index is 14.2. The van der Waals surface area contributed by atoms with Gasteiger partial charge in [0.1, 0.15) is 11.4 Å². The first-order chi connectivity index (χ1) is 21.5. The van der Waals surface area contributed by atoms with Crippen molar-refractivity contribution in [2.75, 3.05) is 19.8 Å². The van der Waals surface area contributed by atoms with E-state index in [1.165, 1.54) is 0 Å². The van der Waals surface area contributed by atoms with Crippen LogP contribution >= 0.6 is 27.5 Å². The highest BCUT2D eigenvalue weighted by Crippen LogP contribution is 2.45. The van der Waals surface area contributed by atoms with Crippen LogP contribution in [0.2, 0.25) is 5.02 Å². The number of amides is 1. The molecule has 4 rings (SSSR count). The number of nitrogens with zero attached hydrogens (tertiary/aromatic N) is 1. The molecule has 9 nitrogen and oxygen atoms in total. The van der Waals surface area contributed by atoms with Gasteiger partial charge in [-0.05, 0) is 81.6 Å². The molecule has 0 saturated heterocycles. The van der Waals surface area contributed by atoms with E-state index >= 15 is 0 Å². The summed E-state index contributed by atoms with van der Waals surface area (Å²) in [5, 5.41) is 9.70. The predicted octanol–water partition coefficient (Wildman–Crippen LogP) is 6.11. The van der Waals surface area contributed by atoms with Gasteiger partial charge in [-0.25, -0.2) is 10.4 Å². The summed E-state index contributed by atoms with van der Waals surface area (Å²) < 4.78 is 18.5. The van der Waals surface area contributed by atoms with Crippen molar-refractivity contribution < 1.29 is 28.9 Å². The number of nitrogens with one attached hydrogen (secondary N) is 2. The van der Waals surface area contributed by atoms with Crippen molar-refractivity contribution in [2.24, 2.45) is 4.99 Å². The van der Waals surface area contributed by atoms with Crippen molar-refractivity contribution in [3.05, 3.63) is 99.0 Å². The first-order valence-electron chi connectivity index (χ1n) is 14.9. The highest BCUT2D eigenvalue weighted by Gasteiger charge is 2.54. The summed E-state index contributed by atoms with van der Waals surface area (Å²) in [7, 11) is 0. The lowest BCUT2D eigenvalue weighted by Crippen LogP contribution is -2.53. The van der Waals surface area contributed by atoms with E-state index in [1.807, 2.05) is 48.5 Å². The first kappa shape index (κ1) is 34.4. The van der Waals surface area contributed by atoms with Gasteiger partial charge in [-0.15, -0.1) is 0 Å². The Hall–Kier alpha value is -3.44. The molecule has 3 aromatic rings. The molecule has 1 aliphatic heterocycles. The number of rotatable bonds is 14. The van der Waals surface area contributed by atoms with Crippen LogP contribution in [0.3, 0.4) is 0 Å². The number of aliphatic hydroxyl groups excluding tert-OH is 1. The zero-order chi connectivity index (χ0) is 32.5. The third-order valence-electron chi connectivity index (χ3n) is 7.00. The molecule has 1 heterocycles. The molecule has 0 radical (unpaired) electrons. The van der Waals surface area contributed by atoms with E-state index in [-0.39, 0.29) is 25.3 Å². The van der Waals surface area contributed by atoms with Gasteiger partial charge < -0.3 is 19.3 Å². The second kappa shape index (κ2) is 15.7. The Kier molecular flexibility index (Phi) is 12.0. The van der Waals surface area contributed by atoms with Crippen LogP contribution in [0.15, 0.2) is 82.3 Å². The van der Waals surface area contributed by atoms with Crippen LogP contribution in [-0.4, -0.2) is 53.8 Å². The molecule has 0 fully saturated rings. The van der Waals surface area contributed by atoms with Crippen molar-refractivity contribution in [1.29, 1.82) is 0 Å². The number of hydrogen-bond donors (Lipinski definition) is 3. The van der Waals surface area contributed by atoms with Crippen LogP contribution in [0, 0.1) is 0 Å². The zero-order valence-electron chi connectivity index (χ0n) is 25.6. The van der Waals surface area contributed by atoms with Gasteiger partial charge in [-0.1, -0.05) is 57.9 Å². The predicted molar refractivity (Wildman–Crippen MR) is 177 cm³/mol. The van der Waals surface area contributed by atoms with E-state index in [9.17, 15) is 9.59 Å². The summed E-state index contributed by atoms with van der Waals surface area (Å²) in [6.45, 7) is 6.28. The van der Waals surface area contributed by atoms with E-state index in [0.717, 1.165) is 10.0 Å². The molecular formula is C34H39BrClN3O6. The minimum absolute atomic E-state index is 0.0322. The van der Waals surface area contributed by atoms with Gasteiger partial charge in [0.15, 0.2) is 11.6 Å². The lowest BCUT2D eigenvalue weighted by atomic mass is 9.83. The normalized spacial score (nSPS) is 17.7. The Balaban J connectivity index is 1.65. The number of aliphatic hydroxyl groups is 1. The van der Waals surface area contributed by atoms with Crippen molar-refractivity contribution in [3.63, 3.8) is 0 Å². The number of hydrogen-bond acceptors (Lipinski definition) is 8. The number of carbonyl (C=O) groups excluding carboxylic acids is 2. The number of halogens is 2. The molecule has 0 unspecified atom stereocenters. The Bertz CT molecular complexity index is 1480. The summed E-state index contributed by atoms with van der Waals surface area (Å²) in [5.74, 6) is 0.0105. The number of benzene rings is 3.